The first-order valence-corrected chi connectivity index (χ1v) is 8.38. The molecule has 3 rings (SSSR count). The zero-order chi connectivity index (χ0) is 16.6. The van der Waals surface area contributed by atoms with Crippen LogP contribution in [0.4, 0.5) is 10.8 Å². The molecule has 1 aromatic carbocycles. The smallest absolute Gasteiger partial charge is 0.231 e. The lowest BCUT2D eigenvalue weighted by Crippen LogP contribution is -2.28. The van der Waals surface area contributed by atoms with Crippen molar-refractivity contribution < 1.29 is 9.59 Å². The average molecular weight is 371 g/mol. The summed E-state index contributed by atoms with van der Waals surface area (Å²) in [5.41, 5.74) is 0.520. The van der Waals surface area contributed by atoms with Gasteiger partial charge in [-0.1, -0.05) is 40.6 Å². The molecule has 9 heteroatoms. The Morgan fingerprint density at radius 2 is 2.17 bits per heavy atom. The largest absolute Gasteiger partial charge is 0.310 e. The number of nitrogens with one attached hydrogen (secondary N) is 1. The third kappa shape index (κ3) is 3.31. The zero-order valence-corrected chi connectivity index (χ0v) is 14.4. The van der Waals surface area contributed by atoms with Crippen molar-refractivity contribution >= 4 is 57.2 Å². The van der Waals surface area contributed by atoms with Gasteiger partial charge in [0.1, 0.15) is 5.01 Å². The Labute approximate surface area is 146 Å². The third-order valence-corrected chi connectivity index (χ3v) is 5.04. The van der Waals surface area contributed by atoms with Gasteiger partial charge in [-0.25, -0.2) is 0 Å². The Hall–Kier alpha value is -1.70. The van der Waals surface area contributed by atoms with Crippen molar-refractivity contribution in [2.24, 2.45) is 5.92 Å². The monoisotopic (exact) mass is 370 g/mol. The van der Waals surface area contributed by atoms with E-state index in [0.29, 0.717) is 20.9 Å². The van der Waals surface area contributed by atoms with Gasteiger partial charge < -0.3 is 10.2 Å². The molecule has 1 aromatic heterocycles. The summed E-state index contributed by atoms with van der Waals surface area (Å²) in [5, 5.41) is 12.2. The van der Waals surface area contributed by atoms with Crippen LogP contribution in [0.1, 0.15) is 11.4 Å². The molecule has 2 amide bonds. The third-order valence-electron chi connectivity index (χ3n) is 3.47. The number of rotatable bonds is 3. The van der Waals surface area contributed by atoms with E-state index in [1.165, 1.54) is 16.2 Å². The van der Waals surface area contributed by atoms with Gasteiger partial charge >= 0.3 is 0 Å². The fraction of sp³-hybridized carbons (Fsp3) is 0.286. The van der Waals surface area contributed by atoms with Crippen LogP contribution in [0.2, 0.25) is 10.0 Å². The number of hydrogen-bond donors (Lipinski definition) is 1. The molecule has 0 unspecified atom stereocenters. The van der Waals surface area contributed by atoms with Crippen molar-refractivity contribution in [3.05, 3.63) is 33.3 Å². The van der Waals surface area contributed by atoms with Crippen LogP contribution in [-0.2, 0) is 9.59 Å². The van der Waals surface area contributed by atoms with Crippen molar-refractivity contribution in [3.8, 4) is 0 Å². The van der Waals surface area contributed by atoms with Crippen LogP contribution in [0.15, 0.2) is 18.2 Å². The minimum atomic E-state index is -0.471. The van der Waals surface area contributed by atoms with Crippen LogP contribution in [0.3, 0.4) is 0 Å². The van der Waals surface area contributed by atoms with Gasteiger partial charge in [-0.2, -0.15) is 0 Å². The molecule has 1 fully saturated rings. The molecule has 23 heavy (non-hydrogen) atoms. The second kappa shape index (κ2) is 6.43. The minimum absolute atomic E-state index is 0.118. The number of carbonyl (C=O) groups excluding carboxylic acids is 2. The Bertz CT molecular complexity index is 780. The molecule has 0 bridgehead atoms. The standard InChI is InChI=1S/C14H12Cl2N4O2S/c1-7-18-19-14(23-7)17-13(22)8-5-11(21)20(6-8)10-4-2-3-9(15)12(10)16/h2-4,8H,5-6H2,1H3,(H,17,19,22)/t8-/m1/s1. The maximum atomic E-state index is 12.3. The summed E-state index contributed by atoms with van der Waals surface area (Å²) in [5.74, 6) is -0.889. The molecule has 0 spiro atoms. The number of amides is 2. The van der Waals surface area contributed by atoms with Gasteiger partial charge in [0, 0.05) is 13.0 Å². The number of carbonyl (C=O) groups is 2. The van der Waals surface area contributed by atoms with E-state index in [1.54, 1.807) is 25.1 Å². The van der Waals surface area contributed by atoms with Crippen LogP contribution < -0.4 is 10.2 Å². The van der Waals surface area contributed by atoms with E-state index in [0.717, 1.165) is 5.01 Å². The average Bonchev–Trinajstić information content (AvgIpc) is 3.08. The van der Waals surface area contributed by atoms with E-state index in [9.17, 15) is 9.59 Å². The quantitative estimate of drug-likeness (QED) is 0.900. The molecule has 2 aromatic rings. The number of benzene rings is 1. The van der Waals surface area contributed by atoms with Crippen LogP contribution in [0.25, 0.3) is 0 Å². The van der Waals surface area contributed by atoms with Crippen LogP contribution in [0.5, 0.6) is 0 Å². The number of aromatic nitrogens is 2. The maximum absolute atomic E-state index is 12.3. The highest BCUT2D eigenvalue weighted by molar-refractivity contribution is 7.15. The summed E-state index contributed by atoms with van der Waals surface area (Å²) in [4.78, 5) is 26.0. The Morgan fingerprint density at radius 3 is 2.87 bits per heavy atom. The molecule has 0 saturated carbocycles. The summed E-state index contributed by atoms with van der Waals surface area (Å²) in [7, 11) is 0. The van der Waals surface area contributed by atoms with Crippen molar-refractivity contribution in [2.45, 2.75) is 13.3 Å². The molecule has 6 nitrogen and oxygen atoms in total. The Kier molecular flexibility index (Phi) is 4.52. The Morgan fingerprint density at radius 1 is 1.39 bits per heavy atom. The number of nitrogens with zero attached hydrogens (tertiary/aromatic N) is 3. The summed E-state index contributed by atoms with van der Waals surface area (Å²) in [6.45, 7) is 2.05. The molecule has 2 heterocycles. The second-order valence-corrected chi connectivity index (χ2v) is 7.06. The molecule has 120 valence electrons. The van der Waals surface area contributed by atoms with Crippen LogP contribution in [-0.4, -0.2) is 28.6 Å². The van der Waals surface area contributed by atoms with Gasteiger partial charge in [0.05, 0.1) is 21.7 Å². The normalized spacial score (nSPS) is 17.6. The number of halogens is 2. The van der Waals surface area contributed by atoms with Gasteiger partial charge in [-0.15, -0.1) is 10.2 Å². The highest BCUT2D eigenvalue weighted by Crippen LogP contribution is 2.35. The van der Waals surface area contributed by atoms with Gasteiger partial charge in [0.2, 0.25) is 16.9 Å². The molecule has 0 radical (unpaired) electrons. The van der Waals surface area contributed by atoms with E-state index in [4.69, 9.17) is 23.2 Å². The van der Waals surface area contributed by atoms with Crippen molar-refractivity contribution in [1.82, 2.24) is 10.2 Å². The lowest BCUT2D eigenvalue weighted by molar-refractivity contribution is -0.122. The topological polar surface area (TPSA) is 75.2 Å². The lowest BCUT2D eigenvalue weighted by atomic mass is 10.1. The maximum Gasteiger partial charge on any atom is 0.231 e. The molecular formula is C14H12Cl2N4O2S. The molecule has 1 saturated heterocycles. The number of aryl methyl sites for hydroxylation is 1. The predicted octanol–water partition coefficient (Wildman–Crippen LogP) is 3.14. The van der Waals surface area contributed by atoms with Gasteiger partial charge in [-0.3, -0.25) is 9.59 Å². The SMILES string of the molecule is Cc1nnc(NC(=O)[C@@H]2CC(=O)N(c3cccc(Cl)c3Cl)C2)s1. The van der Waals surface area contributed by atoms with Gasteiger partial charge in [-0.05, 0) is 19.1 Å². The predicted molar refractivity (Wildman–Crippen MR) is 90.2 cm³/mol. The molecule has 1 N–H and O–H groups in total. The zero-order valence-electron chi connectivity index (χ0n) is 12.0. The Balaban J connectivity index is 1.74. The summed E-state index contributed by atoms with van der Waals surface area (Å²) in [6, 6.07) is 5.07. The van der Waals surface area contributed by atoms with E-state index in [1.807, 2.05) is 0 Å². The van der Waals surface area contributed by atoms with E-state index in [-0.39, 0.29) is 24.8 Å². The highest BCUT2D eigenvalue weighted by Gasteiger charge is 2.36. The fourth-order valence-corrected chi connectivity index (χ4v) is 3.36. The minimum Gasteiger partial charge on any atom is -0.310 e. The van der Waals surface area contributed by atoms with Crippen molar-refractivity contribution in [1.29, 1.82) is 0 Å². The lowest BCUT2D eigenvalue weighted by Gasteiger charge is -2.18. The van der Waals surface area contributed by atoms with Crippen LogP contribution >= 0.6 is 34.5 Å². The second-order valence-electron chi connectivity index (χ2n) is 5.09. The first-order valence-electron chi connectivity index (χ1n) is 6.81. The molecule has 1 aliphatic rings. The van der Waals surface area contributed by atoms with Gasteiger partial charge in [0.15, 0.2) is 0 Å². The van der Waals surface area contributed by atoms with E-state index < -0.39 is 5.92 Å². The van der Waals surface area contributed by atoms with Crippen molar-refractivity contribution in [2.75, 3.05) is 16.8 Å². The highest BCUT2D eigenvalue weighted by atomic mass is 35.5. The number of anilines is 2. The summed E-state index contributed by atoms with van der Waals surface area (Å²) in [6.07, 6.45) is 0.118. The molecular weight excluding hydrogens is 359 g/mol. The molecule has 1 atom stereocenters. The molecule has 0 aliphatic carbocycles. The first-order chi connectivity index (χ1) is 11.0. The van der Waals surface area contributed by atoms with Gasteiger partial charge in [0.25, 0.3) is 0 Å². The summed E-state index contributed by atoms with van der Waals surface area (Å²) >= 11 is 13.4. The van der Waals surface area contributed by atoms with E-state index in [2.05, 4.69) is 15.5 Å². The fourth-order valence-electron chi connectivity index (χ4n) is 2.37. The number of hydrogen-bond acceptors (Lipinski definition) is 5. The van der Waals surface area contributed by atoms with Crippen molar-refractivity contribution in [3.63, 3.8) is 0 Å². The van der Waals surface area contributed by atoms with E-state index >= 15 is 0 Å². The summed E-state index contributed by atoms with van der Waals surface area (Å²) < 4.78 is 0. The van der Waals surface area contributed by atoms with Crippen LogP contribution in [0, 0.1) is 12.8 Å². The molecule has 1 aliphatic heterocycles. The first kappa shape index (κ1) is 16.2.